The second kappa shape index (κ2) is 5.59. The number of rotatable bonds is 4. The molecule has 3 rings (SSSR count). The Morgan fingerprint density at radius 2 is 2.10 bits per heavy atom. The van der Waals surface area contributed by atoms with Crippen molar-refractivity contribution in [3.05, 3.63) is 58.7 Å². The molecule has 4 heteroatoms. The first-order valence-electron chi connectivity index (χ1n) is 6.40. The number of halogens is 1. The number of anilines is 1. The van der Waals surface area contributed by atoms with Crippen LogP contribution in [0.25, 0.3) is 10.9 Å². The molecule has 20 heavy (non-hydrogen) atoms. The third kappa shape index (κ3) is 2.51. The Labute approximate surface area is 126 Å². The number of para-hydroxylation sites is 1. The first-order valence-corrected chi connectivity index (χ1v) is 7.19. The molecule has 0 saturated carbocycles. The van der Waals surface area contributed by atoms with Crippen molar-refractivity contribution in [2.45, 2.75) is 6.54 Å². The molecule has 0 bridgehead atoms. The average Bonchev–Trinajstić information content (AvgIpc) is 2.95. The van der Waals surface area contributed by atoms with Gasteiger partial charge in [-0.25, -0.2) is 0 Å². The molecule has 0 amide bonds. The minimum absolute atomic E-state index is 0.754. The van der Waals surface area contributed by atoms with E-state index in [4.69, 9.17) is 4.74 Å². The summed E-state index contributed by atoms with van der Waals surface area (Å²) in [7, 11) is 1.67. The first kappa shape index (κ1) is 13.1. The molecule has 102 valence electrons. The van der Waals surface area contributed by atoms with Crippen molar-refractivity contribution in [3.8, 4) is 5.75 Å². The van der Waals surface area contributed by atoms with Gasteiger partial charge in [0.05, 0.1) is 18.3 Å². The summed E-state index contributed by atoms with van der Waals surface area (Å²) in [6.45, 7) is 0.754. The molecule has 0 aliphatic carbocycles. The lowest BCUT2D eigenvalue weighted by Gasteiger charge is -2.11. The highest BCUT2D eigenvalue weighted by Gasteiger charge is 2.04. The zero-order valence-corrected chi connectivity index (χ0v) is 12.7. The second-order valence-electron chi connectivity index (χ2n) is 4.56. The predicted octanol–water partition coefficient (Wildman–Crippen LogP) is 4.55. The predicted molar refractivity (Wildman–Crippen MR) is 86.3 cm³/mol. The molecule has 0 spiro atoms. The molecule has 2 N–H and O–H groups in total. The van der Waals surface area contributed by atoms with Gasteiger partial charge in [-0.15, -0.1) is 0 Å². The van der Waals surface area contributed by atoms with Crippen LogP contribution in [0.2, 0.25) is 0 Å². The summed E-state index contributed by atoms with van der Waals surface area (Å²) >= 11 is 3.55. The van der Waals surface area contributed by atoms with Gasteiger partial charge in [-0.2, -0.15) is 0 Å². The summed E-state index contributed by atoms with van der Waals surface area (Å²) in [5.74, 6) is 0.841. The number of aromatic amines is 1. The zero-order valence-electron chi connectivity index (χ0n) is 11.1. The molecule has 2 aromatic carbocycles. The van der Waals surface area contributed by atoms with Crippen LogP contribution in [-0.4, -0.2) is 12.1 Å². The van der Waals surface area contributed by atoms with Crippen molar-refractivity contribution in [2.24, 2.45) is 0 Å². The summed E-state index contributed by atoms with van der Waals surface area (Å²) in [4.78, 5) is 3.29. The zero-order chi connectivity index (χ0) is 13.9. The third-order valence-electron chi connectivity index (χ3n) is 3.32. The van der Waals surface area contributed by atoms with E-state index in [1.165, 1.54) is 16.5 Å². The summed E-state index contributed by atoms with van der Waals surface area (Å²) in [5, 5.41) is 4.67. The molecule has 0 saturated heterocycles. The van der Waals surface area contributed by atoms with Crippen molar-refractivity contribution in [3.63, 3.8) is 0 Å². The maximum Gasteiger partial charge on any atom is 0.121 e. The Morgan fingerprint density at radius 1 is 1.20 bits per heavy atom. The van der Waals surface area contributed by atoms with Crippen molar-refractivity contribution in [1.29, 1.82) is 0 Å². The standard InChI is InChI=1S/C16H15BrN2O/c1-20-13-5-6-14(17)15(9-13)19-10-12-4-2-3-11-7-8-18-16(11)12/h2-9,18-19H,10H2,1H3. The number of hydrogen-bond acceptors (Lipinski definition) is 2. The first-order chi connectivity index (χ1) is 9.78. The smallest absolute Gasteiger partial charge is 0.121 e. The monoisotopic (exact) mass is 330 g/mol. The number of benzene rings is 2. The topological polar surface area (TPSA) is 37.0 Å². The van der Waals surface area contributed by atoms with Crippen LogP contribution >= 0.6 is 15.9 Å². The van der Waals surface area contributed by atoms with Gasteiger partial charge in [0, 0.05) is 23.3 Å². The fourth-order valence-electron chi connectivity index (χ4n) is 2.25. The van der Waals surface area contributed by atoms with Gasteiger partial charge >= 0.3 is 0 Å². The quantitative estimate of drug-likeness (QED) is 0.736. The number of ether oxygens (including phenoxy) is 1. The van der Waals surface area contributed by atoms with E-state index in [1.54, 1.807) is 7.11 Å². The molecule has 0 aliphatic rings. The number of methoxy groups -OCH3 is 1. The SMILES string of the molecule is COc1ccc(Br)c(NCc2cccc3cc[nH]c23)c1. The summed E-state index contributed by atoms with van der Waals surface area (Å²) in [6, 6.07) is 14.3. The van der Waals surface area contributed by atoms with E-state index in [1.807, 2.05) is 24.4 Å². The molecule has 3 nitrogen and oxygen atoms in total. The summed E-state index contributed by atoms with van der Waals surface area (Å²) < 4.78 is 6.28. The normalized spacial score (nSPS) is 10.7. The molecule has 0 radical (unpaired) electrons. The van der Waals surface area contributed by atoms with E-state index in [-0.39, 0.29) is 0 Å². The summed E-state index contributed by atoms with van der Waals surface area (Å²) in [5.41, 5.74) is 3.44. The van der Waals surface area contributed by atoms with Crippen LogP contribution in [0, 0.1) is 0 Å². The molecular weight excluding hydrogens is 316 g/mol. The van der Waals surface area contributed by atoms with Crippen LogP contribution in [0.3, 0.4) is 0 Å². The Hall–Kier alpha value is -1.94. The molecule has 1 aromatic heterocycles. The average molecular weight is 331 g/mol. The van der Waals surface area contributed by atoms with Gasteiger partial charge in [-0.05, 0) is 45.1 Å². The largest absolute Gasteiger partial charge is 0.497 e. The molecule has 0 aliphatic heterocycles. The molecule has 0 fully saturated rings. The van der Waals surface area contributed by atoms with Crippen LogP contribution in [0.4, 0.5) is 5.69 Å². The molecule has 0 unspecified atom stereocenters. The van der Waals surface area contributed by atoms with Crippen molar-refractivity contribution < 1.29 is 4.74 Å². The Bertz CT molecular complexity index is 736. The van der Waals surface area contributed by atoms with Gasteiger partial charge in [0.1, 0.15) is 5.75 Å². The number of hydrogen-bond donors (Lipinski definition) is 2. The van der Waals surface area contributed by atoms with E-state index in [9.17, 15) is 0 Å². The van der Waals surface area contributed by atoms with Gasteiger partial charge in [-0.3, -0.25) is 0 Å². The third-order valence-corrected chi connectivity index (χ3v) is 4.01. The van der Waals surface area contributed by atoms with Crippen molar-refractivity contribution in [2.75, 3.05) is 12.4 Å². The van der Waals surface area contributed by atoms with E-state index < -0.39 is 0 Å². The fourth-order valence-corrected chi connectivity index (χ4v) is 2.64. The Balaban J connectivity index is 1.84. The molecule has 0 atom stereocenters. The number of aromatic nitrogens is 1. The van der Waals surface area contributed by atoms with Crippen LogP contribution in [0.5, 0.6) is 5.75 Å². The van der Waals surface area contributed by atoms with Crippen LogP contribution < -0.4 is 10.1 Å². The molecule has 1 heterocycles. The highest BCUT2D eigenvalue weighted by atomic mass is 79.9. The van der Waals surface area contributed by atoms with Gasteiger partial charge in [0.2, 0.25) is 0 Å². The summed E-state index contributed by atoms with van der Waals surface area (Å²) in [6.07, 6.45) is 1.97. The Kier molecular flexibility index (Phi) is 3.65. The molecule has 3 aromatic rings. The van der Waals surface area contributed by atoms with Gasteiger partial charge in [-0.1, -0.05) is 18.2 Å². The minimum Gasteiger partial charge on any atom is -0.497 e. The van der Waals surface area contributed by atoms with Gasteiger partial charge < -0.3 is 15.0 Å². The van der Waals surface area contributed by atoms with Crippen LogP contribution in [0.15, 0.2) is 53.1 Å². The van der Waals surface area contributed by atoms with E-state index in [0.717, 1.165) is 22.5 Å². The lowest BCUT2D eigenvalue weighted by Crippen LogP contribution is -2.01. The Morgan fingerprint density at radius 3 is 2.95 bits per heavy atom. The van der Waals surface area contributed by atoms with Crippen molar-refractivity contribution >= 4 is 32.5 Å². The lowest BCUT2D eigenvalue weighted by molar-refractivity contribution is 0.415. The van der Waals surface area contributed by atoms with E-state index >= 15 is 0 Å². The van der Waals surface area contributed by atoms with E-state index in [0.29, 0.717) is 0 Å². The van der Waals surface area contributed by atoms with E-state index in [2.05, 4.69) is 50.5 Å². The van der Waals surface area contributed by atoms with Gasteiger partial charge in [0.15, 0.2) is 0 Å². The number of nitrogens with one attached hydrogen (secondary N) is 2. The fraction of sp³-hybridized carbons (Fsp3) is 0.125. The second-order valence-corrected chi connectivity index (χ2v) is 5.41. The highest BCUT2D eigenvalue weighted by molar-refractivity contribution is 9.10. The number of H-pyrrole nitrogens is 1. The minimum atomic E-state index is 0.754. The van der Waals surface area contributed by atoms with Crippen LogP contribution in [-0.2, 0) is 6.54 Å². The maximum absolute atomic E-state index is 5.25. The maximum atomic E-state index is 5.25. The van der Waals surface area contributed by atoms with Gasteiger partial charge in [0.25, 0.3) is 0 Å². The lowest BCUT2D eigenvalue weighted by atomic mass is 10.1. The van der Waals surface area contributed by atoms with Crippen molar-refractivity contribution in [1.82, 2.24) is 4.98 Å². The highest BCUT2D eigenvalue weighted by Crippen LogP contribution is 2.28. The number of fused-ring (bicyclic) bond motifs is 1. The van der Waals surface area contributed by atoms with Crippen LogP contribution in [0.1, 0.15) is 5.56 Å². The molecular formula is C16H15BrN2O.